The maximum Gasteiger partial charge on any atom is 0.188 e. The van der Waals surface area contributed by atoms with E-state index in [9.17, 15) is 0 Å². The van der Waals surface area contributed by atoms with Crippen LogP contribution >= 0.6 is 24.0 Å². The zero-order valence-corrected chi connectivity index (χ0v) is 15.4. The first kappa shape index (κ1) is 17.5. The second-order valence-corrected chi connectivity index (χ2v) is 6.12. The fourth-order valence-electron chi connectivity index (χ4n) is 3.03. The van der Waals surface area contributed by atoms with E-state index in [1.54, 1.807) is 0 Å². The number of aromatic nitrogens is 2. The van der Waals surface area contributed by atoms with Crippen molar-refractivity contribution in [3.8, 4) is 0 Å². The van der Waals surface area contributed by atoms with E-state index in [4.69, 9.17) is 10.5 Å². The lowest BCUT2D eigenvalue weighted by molar-refractivity contribution is 0.0848. The lowest BCUT2D eigenvalue weighted by atomic mass is 9.86. The smallest absolute Gasteiger partial charge is 0.188 e. The molecule has 0 radical (unpaired) electrons. The van der Waals surface area contributed by atoms with Gasteiger partial charge in [0.1, 0.15) is 6.10 Å². The number of ether oxygens (including phenoxy) is 1. The topological polar surface area (TPSA) is 77.5 Å². The van der Waals surface area contributed by atoms with Crippen molar-refractivity contribution in [2.45, 2.75) is 31.8 Å². The molecular formula is C15H26IN5O. The van der Waals surface area contributed by atoms with Crippen LogP contribution in [0.3, 0.4) is 0 Å². The Morgan fingerprint density at radius 3 is 2.95 bits per heavy atom. The van der Waals surface area contributed by atoms with Crippen LogP contribution in [0.1, 0.15) is 37.5 Å². The number of halogens is 1. The van der Waals surface area contributed by atoms with Crippen molar-refractivity contribution in [3.63, 3.8) is 0 Å². The Morgan fingerprint density at radius 1 is 1.50 bits per heavy atom. The molecule has 1 aromatic heterocycles. The van der Waals surface area contributed by atoms with Crippen molar-refractivity contribution in [2.24, 2.45) is 29.6 Å². The third kappa shape index (κ3) is 4.13. The maximum atomic E-state index is 5.95. The Balaban J connectivity index is 0.00000176. The molecule has 1 aromatic rings. The molecule has 1 aliphatic heterocycles. The van der Waals surface area contributed by atoms with Gasteiger partial charge in [0, 0.05) is 38.9 Å². The molecular weight excluding hydrogens is 393 g/mol. The first-order chi connectivity index (χ1) is 10.2. The summed E-state index contributed by atoms with van der Waals surface area (Å²) in [4.78, 5) is 4.44. The molecule has 7 heteroatoms. The molecule has 0 spiro atoms. The van der Waals surface area contributed by atoms with Gasteiger partial charge in [-0.25, -0.2) is 0 Å². The number of guanidine groups is 1. The van der Waals surface area contributed by atoms with Crippen LogP contribution in [0.25, 0.3) is 0 Å². The van der Waals surface area contributed by atoms with Crippen molar-refractivity contribution >= 4 is 29.9 Å². The van der Waals surface area contributed by atoms with E-state index in [-0.39, 0.29) is 30.1 Å². The van der Waals surface area contributed by atoms with Crippen LogP contribution in [0.5, 0.6) is 0 Å². The van der Waals surface area contributed by atoms with Gasteiger partial charge >= 0.3 is 0 Å². The van der Waals surface area contributed by atoms with Gasteiger partial charge in [-0.1, -0.05) is 6.42 Å². The van der Waals surface area contributed by atoms with Crippen LogP contribution in [0.4, 0.5) is 0 Å². The standard InChI is InChI=1S/C15H25N5O.HI/c1-20-13(5-7-19-20)14-12(6-8-21-14)10-18-15(16)17-9-11-3-2-4-11;/h5,7,11-12,14H,2-4,6,8-10H2,1H3,(H3,16,17,18);1H/t12-,14+;/m0./s1. The SMILES string of the molecule is Cn1nccc1[C@@H]1OCC[C@H]1CNC(N)=NCC1CCC1.I. The molecule has 2 heterocycles. The van der Waals surface area contributed by atoms with E-state index >= 15 is 0 Å². The molecule has 1 saturated heterocycles. The third-order valence-corrected chi connectivity index (χ3v) is 4.65. The maximum absolute atomic E-state index is 5.95. The van der Waals surface area contributed by atoms with E-state index in [0.29, 0.717) is 11.9 Å². The number of aliphatic imine (C=N–C) groups is 1. The van der Waals surface area contributed by atoms with Gasteiger partial charge in [0.25, 0.3) is 0 Å². The van der Waals surface area contributed by atoms with Gasteiger partial charge in [0.2, 0.25) is 0 Å². The van der Waals surface area contributed by atoms with Crippen molar-refractivity contribution in [2.75, 3.05) is 19.7 Å². The second-order valence-electron chi connectivity index (χ2n) is 6.12. The molecule has 1 aliphatic carbocycles. The molecule has 1 saturated carbocycles. The summed E-state index contributed by atoms with van der Waals surface area (Å²) < 4.78 is 7.75. The van der Waals surface area contributed by atoms with Crippen molar-refractivity contribution in [1.82, 2.24) is 15.1 Å². The van der Waals surface area contributed by atoms with Gasteiger partial charge in [0.15, 0.2) is 5.96 Å². The zero-order chi connectivity index (χ0) is 14.7. The Hall–Kier alpha value is -0.830. The molecule has 0 aromatic carbocycles. The number of hydrogen-bond donors (Lipinski definition) is 2. The Bertz CT molecular complexity index is 500. The molecule has 124 valence electrons. The molecule has 0 bridgehead atoms. The molecule has 0 unspecified atom stereocenters. The number of aryl methyl sites for hydroxylation is 1. The van der Waals surface area contributed by atoms with Gasteiger partial charge in [-0.2, -0.15) is 5.10 Å². The molecule has 2 aliphatic rings. The number of nitrogens with two attached hydrogens (primary N) is 1. The minimum atomic E-state index is 0. The molecule has 3 rings (SSSR count). The summed E-state index contributed by atoms with van der Waals surface area (Å²) in [5.41, 5.74) is 7.08. The average molecular weight is 419 g/mol. The zero-order valence-electron chi connectivity index (χ0n) is 13.1. The van der Waals surface area contributed by atoms with Crippen molar-refractivity contribution < 1.29 is 4.74 Å². The quantitative estimate of drug-likeness (QED) is 0.434. The molecule has 3 N–H and O–H groups in total. The number of hydrogen-bond acceptors (Lipinski definition) is 3. The van der Waals surface area contributed by atoms with Gasteiger partial charge < -0.3 is 15.8 Å². The first-order valence-corrected chi connectivity index (χ1v) is 7.87. The predicted molar refractivity (Wildman–Crippen MR) is 97.3 cm³/mol. The van der Waals surface area contributed by atoms with E-state index in [0.717, 1.165) is 37.7 Å². The summed E-state index contributed by atoms with van der Waals surface area (Å²) in [5.74, 6) is 1.73. The summed E-state index contributed by atoms with van der Waals surface area (Å²) in [6.45, 7) is 2.46. The van der Waals surface area contributed by atoms with Gasteiger partial charge in [-0.05, 0) is 31.2 Å². The van der Waals surface area contributed by atoms with Gasteiger partial charge in [-0.3, -0.25) is 9.67 Å². The Kier molecular flexibility index (Phi) is 6.49. The predicted octanol–water partition coefficient (Wildman–Crippen LogP) is 1.82. The highest BCUT2D eigenvalue weighted by molar-refractivity contribution is 14.0. The van der Waals surface area contributed by atoms with Crippen LogP contribution in [0.15, 0.2) is 17.3 Å². The largest absolute Gasteiger partial charge is 0.372 e. The summed E-state index contributed by atoms with van der Waals surface area (Å²) in [5, 5.41) is 7.48. The van der Waals surface area contributed by atoms with Crippen LogP contribution in [0, 0.1) is 11.8 Å². The van der Waals surface area contributed by atoms with E-state index < -0.39 is 0 Å². The highest BCUT2D eigenvalue weighted by atomic mass is 127. The van der Waals surface area contributed by atoms with Crippen molar-refractivity contribution in [3.05, 3.63) is 18.0 Å². The minimum Gasteiger partial charge on any atom is -0.372 e. The van der Waals surface area contributed by atoms with E-state index in [1.807, 2.05) is 24.0 Å². The fourth-order valence-corrected chi connectivity index (χ4v) is 3.03. The molecule has 6 nitrogen and oxygen atoms in total. The normalized spacial score (nSPS) is 25.6. The molecule has 2 fully saturated rings. The van der Waals surface area contributed by atoms with Crippen LogP contribution < -0.4 is 11.1 Å². The highest BCUT2D eigenvalue weighted by Gasteiger charge is 2.31. The summed E-state index contributed by atoms with van der Waals surface area (Å²) in [6, 6.07) is 2.02. The summed E-state index contributed by atoms with van der Waals surface area (Å²) in [7, 11) is 1.95. The fraction of sp³-hybridized carbons (Fsp3) is 0.733. The lowest BCUT2D eigenvalue weighted by Crippen LogP contribution is -2.37. The number of rotatable bonds is 5. The summed E-state index contributed by atoms with van der Waals surface area (Å²) >= 11 is 0. The van der Waals surface area contributed by atoms with Crippen LogP contribution in [-0.2, 0) is 11.8 Å². The van der Waals surface area contributed by atoms with Crippen molar-refractivity contribution in [1.29, 1.82) is 0 Å². The minimum absolute atomic E-state index is 0. The molecule has 0 amide bonds. The second kappa shape index (κ2) is 8.14. The Labute approximate surface area is 148 Å². The first-order valence-electron chi connectivity index (χ1n) is 7.87. The number of nitrogens with zero attached hydrogens (tertiary/aromatic N) is 3. The lowest BCUT2D eigenvalue weighted by Gasteiger charge is -2.23. The molecule has 22 heavy (non-hydrogen) atoms. The monoisotopic (exact) mass is 419 g/mol. The highest BCUT2D eigenvalue weighted by Crippen LogP contribution is 2.33. The third-order valence-electron chi connectivity index (χ3n) is 4.65. The van der Waals surface area contributed by atoms with Gasteiger partial charge in [0.05, 0.1) is 5.69 Å². The van der Waals surface area contributed by atoms with E-state index in [2.05, 4.69) is 15.4 Å². The van der Waals surface area contributed by atoms with Gasteiger partial charge in [-0.15, -0.1) is 24.0 Å². The van der Waals surface area contributed by atoms with Crippen LogP contribution in [-0.4, -0.2) is 35.4 Å². The summed E-state index contributed by atoms with van der Waals surface area (Å²) in [6.07, 6.45) is 6.91. The van der Waals surface area contributed by atoms with Crippen LogP contribution in [0.2, 0.25) is 0 Å². The number of nitrogens with one attached hydrogen (secondary N) is 1. The Morgan fingerprint density at radius 2 is 2.32 bits per heavy atom. The van der Waals surface area contributed by atoms with E-state index in [1.165, 1.54) is 19.3 Å². The molecule has 2 atom stereocenters. The average Bonchev–Trinajstić information content (AvgIpc) is 3.02.